The number of hydrogen-bond acceptors (Lipinski definition) is 8. The second-order valence-corrected chi connectivity index (χ2v) is 10.3. The number of hydrogen-bond donors (Lipinski definition) is 1. The lowest BCUT2D eigenvalue weighted by Gasteiger charge is -2.26. The van der Waals surface area contributed by atoms with E-state index < -0.39 is 10.0 Å². The zero-order valence-electron chi connectivity index (χ0n) is 17.5. The number of morpholine rings is 1. The smallest absolute Gasteiger partial charge is 0.263 e. The highest BCUT2D eigenvalue weighted by Crippen LogP contribution is 2.36. The summed E-state index contributed by atoms with van der Waals surface area (Å²) in [6, 6.07) is 12.1. The third kappa shape index (κ3) is 4.80. The topological polar surface area (TPSA) is 107 Å². The van der Waals surface area contributed by atoms with Crippen molar-refractivity contribution in [1.29, 1.82) is 0 Å². The first kappa shape index (κ1) is 21.7. The van der Waals surface area contributed by atoms with Gasteiger partial charge in [-0.1, -0.05) is 18.2 Å². The fourth-order valence-electron chi connectivity index (χ4n) is 3.59. The van der Waals surface area contributed by atoms with Crippen LogP contribution in [0.15, 0.2) is 53.6 Å². The molecule has 33 heavy (non-hydrogen) atoms. The molecule has 0 aliphatic carbocycles. The molecule has 0 bridgehead atoms. The zero-order valence-corrected chi connectivity index (χ0v) is 19.2. The summed E-state index contributed by atoms with van der Waals surface area (Å²) in [5.41, 5.74) is 1.75. The van der Waals surface area contributed by atoms with Crippen molar-refractivity contribution in [2.24, 2.45) is 0 Å². The van der Waals surface area contributed by atoms with Crippen LogP contribution in [0.5, 0.6) is 11.5 Å². The average molecular weight is 488 g/mol. The van der Waals surface area contributed by atoms with Crippen LogP contribution in [0.2, 0.25) is 0 Å². The zero-order chi connectivity index (χ0) is 22.8. The lowest BCUT2D eigenvalue weighted by Crippen LogP contribution is -2.41. The van der Waals surface area contributed by atoms with Gasteiger partial charge in [-0.05, 0) is 35.4 Å². The van der Waals surface area contributed by atoms with E-state index in [4.69, 9.17) is 14.2 Å². The fraction of sp³-hybridized carbons (Fsp3) is 0.273. The van der Waals surface area contributed by atoms with Crippen LogP contribution in [-0.2, 0) is 26.0 Å². The molecule has 2 aliphatic rings. The number of amides is 1. The molecule has 172 valence electrons. The van der Waals surface area contributed by atoms with Gasteiger partial charge in [-0.25, -0.2) is 13.4 Å². The molecule has 3 aromatic rings. The van der Waals surface area contributed by atoms with Gasteiger partial charge in [0.05, 0.1) is 24.5 Å². The van der Waals surface area contributed by atoms with Crippen LogP contribution in [0.3, 0.4) is 0 Å². The Morgan fingerprint density at radius 3 is 2.55 bits per heavy atom. The van der Waals surface area contributed by atoms with Gasteiger partial charge in [-0.3, -0.25) is 9.52 Å². The number of rotatable bonds is 6. The highest BCUT2D eigenvalue weighted by atomic mass is 32.2. The van der Waals surface area contributed by atoms with Gasteiger partial charge in [0.1, 0.15) is 0 Å². The number of sulfonamides is 1. The minimum absolute atomic E-state index is 0.0181. The molecule has 0 atom stereocenters. The Bertz CT molecular complexity index is 1270. The van der Waals surface area contributed by atoms with Crippen LogP contribution in [0, 0.1) is 0 Å². The summed E-state index contributed by atoms with van der Waals surface area (Å²) in [6.45, 7) is 2.40. The molecule has 0 unspecified atom stereocenters. The molecule has 2 aromatic carbocycles. The van der Waals surface area contributed by atoms with Crippen LogP contribution in [0.25, 0.3) is 11.1 Å². The summed E-state index contributed by atoms with van der Waals surface area (Å²) in [5.74, 6) is 1.34. The third-order valence-electron chi connectivity index (χ3n) is 5.34. The van der Waals surface area contributed by atoms with Crippen LogP contribution in [0.1, 0.15) is 4.88 Å². The Labute approximate surface area is 195 Å². The standard InChI is InChI=1S/C22H21N3O6S2/c26-21(25-7-9-29-10-8-25)12-17-13-23-22(32-17)24-33(27,28)18-4-1-15(2-5-18)16-3-6-19-20(11-16)31-14-30-19/h1-6,11,13H,7-10,12,14H2,(H,23,24). The number of aromatic nitrogens is 1. The van der Waals surface area contributed by atoms with Crippen LogP contribution in [0.4, 0.5) is 5.13 Å². The average Bonchev–Trinajstić information content (AvgIpc) is 3.48. The van der Waals surface area contributed by atoms with Crippen molar-refractivity contribution >= 4 is 32.4 Å². The van der Waals surface area contributed by atoms with Crippen LogP contribution < -0.4 is 14.2 Å². The maximum absolute atomic E-state index is 12.8. The van der Waals surface area contributed by atoms with Crippen molar-refractivity contribution in [3.63, 3.8) is 0 Å². The van der Waals surface area contributed by atoms with Crippen molar-refractivity contribution in [3.05, 3.63) is 53.5 Å². The number of fused-ring (bicyclic) bond motifs is 1. The number of nitrogens with zero attached hydrogens (tertiary/aromatic N) is 2. The quantitative estimate of drug-likeness (QED) is 0.570. The first-order valence-electron chi connectivity index (χ1n) is 10.3. The highest BCUT2D eigenvalue weighted by Gasteiger charge is 2.20. The Morgan fingerprint density at radius 2 is 1.76 bits per heavy atom. The lowest BCUT2D eigenvalue weighted by atomic mass is 10.1. The first-order chi connectivity index (χ1) is 16.0. The molecule has 1 saturated heterocycles. The van der Waals surface area contributed by atoms with Gasteiger partial charge in [0.25, 0.3) is 10.0 Å². The minimum Gasteiger partial charge on any atom is -0.454 e. The molecule has 0 spiro atoms. The van der Waals surface area contributed by atoms with Crippen molar-refractivity contribution in [2.75, 3.05) is 37.8 Å². The number of carbonyl (C=O) groups excluding carboxylic acids is 1. The summed E-state index contributed by atoms with van der Waals surface area (Å²) in [4.78, 5) is 19.1. The molecule has 11 heteroatoms. The molecule has 1 N–H and O–H groups in total. The normalized spacial score (nSPS) is 15.5. The van der Waals surface area contributed by atoms with Crippen molar-refractivity contribution in [3.8, 4) is 22.6 Å². The molecule has 1 amide bonds. The molecule has 0 radical (unpaired) electrons. The number of ether oxygens (including phenoxy) is 3. The molecule has 2 aliphatic heterocycles. The summed E-state index contributed by atoms with van der Waals surface area (Å²) < 4.78 is 44.1. The maximum Gasteiger partial charge on any atom is 0.263 e. The molecule has 9 nitrogen and oxygen atoms in total. The molecular weight excluding hydrogens is 466 g/mol. The van der Waals surface area contributed by atoms with Gasteiger partial charge in [-0.2, -0.15) is 0 Å². The lowest BCUT2D eigenvalue weighted by molar-refractivity contribution is -0.134. The monoisotopic (exact) mass is 487 g/mol. The van der Waals surface area contributed by atoms with Gasteiger partial charge in [0.15, 0.2) is 16.6 Å². The number of benzene rings is 2. The number of carbonyl (C=O) groups is 1. The minimum atomic E-state index is -3.82. The summed E-state index contributed by atoms with van der Waals surface area (Å²) in [7, 11) is -3.82. The van der Waals surface area contributed by atoms with Gasteiger partial charge in [0.2, 0.25) is 12.7 Å². The molecule has 1 aromatic heterocycles. The largest absolute Gasteiger partial charge is 0.454 e. The molecule has 1 fully saturated rings. The molecule has 3 heterocycles. The number of nitrogens with one attached hydrogen (secondary N) is 1. The van der Waals surface area contributed by atoms with E-state index in [1.54, 1.807) is 29.2 Å². The van der Waals surface area contributed by atoms with E-state index in [9.17, 15) is 13.2 Å². The Hall–Kier alpha value is -3.15. The number of anilines is 1. The van der Waals surface area contributed by atoms with Crippen LogP contribution >= 0.6 is 11.3 Å². The van der Waals surface area contributed by atoms with Crippen LogP contribution in [-0.4, -0.2) is 57.3 Å². The summed E-state index contributed by atoms with van der Waals surface area (Å²) in [5, 5.41) is 0.222. The fourth-order valence-corrected chi connectivity index (χ4v) is 5.63. The van der Waals surface area contributed by atoms with E-state index in [1.165, 1.54) is 6.20 Å². The van der Waals surface area contributed by atoms with Gasteiger partial charge in [0, 0.05) is 24.2 Å². The Morgan fingerprint density at radius 1 is 1.03 bits per heavy atom. The molecule has 5 rings (SSSR count). The molecule has 0 saturated carbocycles. The van der Waals surface area contributed by atoms with Gasteiger partial charge >= 0.3 is 0 Å². The SMILES string of the molecule is O=C(Cc1cnc(NS(=O)(=O)c2ccc(-c3ccc4c(c3)OCO4)cc2)s1)N1CCOCC1. The van der Waals surface area contributed by atoms with Crippen molar-refractivity contribution in [2.45, 2.75) is 11.3 Å². The molecular formula is C22H21N3O6S2. The highest BCUT2D eigenvalue weighted by molar-refractivity contribution is 7.93. The number of thiazole rings is 1. The summed E-state index contributed by atoms with van der Waals surface area (Å²) >= 11 is 1.15. The van der Waals surface area contributed by atoms with E-state index in [1.807, 2.05) is 18.2 Å². The van der Waals surface area contributed by atoms with Crippen molar-refractivity contribution in [1.82, 2.24) is 9.88 Å². The van der Waals surface area contributed by atoms with Crippen molar-refractivity contribution < 1.29 is 27.4 Å². The first-order valence-corrected chi connectivity index (χ1v) is 12.6. The third-order valence-corrected chi connectivity index (χ3v) is 7.73. The van der Waals surface area contributed by atoms with E-state index in [0.717, 1.165) is 22.5 Å². The van der Waals surface area contributed by atoms with E-state index in [-0.39, 0.29) is 29.1 Å². The maximum atomic E-state index is 12.8. The van der Waals surface area contributed by atoms with Gasteiger partial charge in [-0.15, -0.1) is 11.3 Å². The second-order valence-electron chi connectivity index (χ2n) is 7.50. The Kier molecular flexibility index (Phi) is 5.92. The van der Waals surface area contributed by atoms with Gasteiger partial charge < -0.3 is 19.1 Å². The Balaban J connectivity index is 1.25. The second kappa shape index (κ2) is 9.00. The van der Waals surface area contributed by atoms with E-state index >= 15 is 0 Å². The van der Waals surface area contributed by atoms with E-state index in [0.29, 0.717) is 42.7 Å². The van der Waals surface area contributed by atoms with E-state index in [2.05, 4.69) is 9.71 Å². The predicted octanol–water partition coefficient (Wildman–Crippen LogP) is 2.74. The summed E-state index contributed by atoms with van der Waals surface area (Å²) in [6.07, 6.45) is 1.72. The predicted molar refractivity (Wildman–Crippen MR) is 122 cm³/mol.